The third kappa shape index (κ3) is 4.06. The van der Waals surface area contributed by atoms with Crippen molar-refractivity contribution in [2.75, 3.05) is 0 Å². The highest BCUT2D eigenvalue weighted by Crippen LogP contribution is 2.25. The van der Waals surface area contributed by atoms with Gasteiger partial charge in [-0.1, -0.05) is 32.0 Å². The molecular formula is C13H19F2NO. The maximum absolute atomic E-state index is 12.5. The normalized spacial score (nSPS) is 15.3. The molecule has 1 aromatic carbocycles. The Morgan fingerprint density at radius 3 is 2.35 bits per heavy atom. The number of benzene rings is 1. The largest absolute Gasteiger partial charge is 0.387 e. The van der Waals surface area contributed by atoms with Gasteiger partial charge in [-0.25, -0.2) is 8.78 Å². The van der Waals surface area contributed by atoms with Gasteiger partial charge < -0.3 is 10.8 Å². The Morgan fingerprint density at radius 2 is 1.82 bits per heavy atom. The number of nitrogens with two attached hydrogens (primary N) is 1. The maximum atomic E-state index is 12.5. The average Bonchev–Trinajstić information content (AvgIpc) is 2.27. The maximum Gasteiger partial charge on any atom is 0.263 e. The van der Waals surface area contributed by atoms with E-state index in [2.05, 4.69) is 0 Å². The van der Waals surface area contributed by atoms with Crippen LogP contribution in [-0.4, -0.2) is 11.1 Å². The molecule has 0 aliphatic carbocycles. The van der Waals surface area contributed by atoms with Gasteiger partial charge in [0.15, 0.2) is 0 Å². The standard InChI is InChI=1S/C13H19F2NO/c1-8(2)6-11(16)12(17)9-4-3-5-10(7-9)13(14)15/h3-5,7-8,11-13,17H,6,16H2,1-2H3. The lowest BCUT2D eigenvalue weighted by atomic mass is 9.94. The number of hydrogen-bond donors (Lipinski definition) is 2. The van der Waals surface area contributed by atoms with Gasteiger partial charge >= 0.3 is 0 Å². The van der Waals surface area contributed by atoms with Gasteiger partial charge in [0, 0.05) is 11.6 Å². The molecule has 1 aromatic rings. The third-order valence-electron chi connectivity index (χ3n) is 2.65. The second kappa shape index (κ2) is 6.07. The van der Waals surface area contributed by atoms with Gasteiger partial charge in [-0.3, -0.25) is 0 Å². The molecule has 0 spiro atoms. The molecule has 0 aliphatic heterocycles. The lowest BCUT2D eigenvalue weighted by Gasteiger charge is -2.21. The van der Waals surface area contributed by atoms with Gasteiger partial charge in [0.25, 0.3) is 6.43 Å². The molecule has 17 heavy (non-hydrogen) atoms. The summed E-state index contributed by atoms with van der Waals surface area (Å²) in [6, 6.07) is 5.37. The highest BCUT2D eigenvalue weighted by molar-refractivity contribution is 5.26. The topological polar surface area (TPSA) is 46.2 Å². The summed E-state index contributed by atoms with van der Waals surface area (Å²) >= 11 is 0. The first-order chi connectivity index (χ1) is 7.91. The van der Waals surface area contributed by atoms with Crippen molar-refractivity contribution in [3.63, 3.8) is 0 Å². The number of alkyl halides is 2. The molecule has 0 aromatic heterocycles. The van der Waals surface area contributed by atoms with Crippen LogP contribution in [0, 0.1) is 5.92 Å². The van der Waals surface area contributed by atoms with Crippen LogP contribution in [-0.2, 0) is 0 Å². The minimum absolute atomic E-state index is 0.0849. The first kappa shape index (κ1) is 14.1. The smallest absolute Gasteiger partial charge is 0.263 e. The van der Waals surface area contributed by atoms with E-state index >= 15 is 0 Å². The van der Waals surface area contributed by atoms with Crippen molar-refractivity contribution in [1.29, 1.82) is 0 Å². The average molecular weight is 243 g/mol. The van der Waals surface area contributed by atoms with Gasteiger partial charge in [0.2, 0.25) is 0 Å². The number of aliphatic hydroxyl groups is 1. The van der Waals surface area contributed by atoms with Crippen molar-refractivity contribution in [3.8, 4) is 0 Å². The minimum Gasteiger partial charge on any atom is -0.387 e. The van der Waals surface area contributed by atoms with Crippen LogP contribution in [0.15, 0.2) is 24.3 Å². The lowest BCUT2D eigenvalue weighted by Crippen LogP contribution is -2.29. The van der Waals surface area contributed by atoms with E-state index in [4.69, 9.17) is 5.73 Å². The molecule has 0 amide bonds. The van der Waals surface area contributed by atoms with E-state index in [-0.39, 0.29) is 5.56 Å². The number of aliphatic hydroxyl groups excluding tert-OH is 1. The number of hydrogen-bond acceptors (Lipinski definition) is 2. The summed E-state index contributed by atoms with van der Waals surface area (Å²) in [4.78, 5) is 0. The predicted octanol–water partition coefficient (Wildman–Crippen LogP) is 3.03. The molecule has 0 heterocycles. The fraction of sp³-hybridized carbons (Fsp3) is 0.538. The summed E-state index contributed by atoms with van der Waals surface area (Å²) in [6.07, 6.45) is -2.76. The van der Waals surface area contributed by atoms with Crippen LogP contribution in [0.25, 0.3) is 0 Å². The molecule has 1 rings (SSSR count). The molecule has 0 bridgehead atoms. The van der Waals surface area contributed by atoms with Crippen LogP contribution in [0.2, 0.25) is 0 Å². The van der Waals surface area contributed by atoms with Crippen LogP contribution in [0.1, 0.15) is 43.9 Å². The van der Waals surface area contributed by atoms with Gasteiger partial charge in [-0.2, -0.15) is 0 Å². The van der Waals surface area contributed by atoms with Crippen LogP contribution in [0.3, 0.4) is 0 Å². The van der Waals surface area contributed by atoms with E-state index in [0.29, 0.717) is 17.9 Å². The highest BCUT2D eigenvalue weighted by atomic mass is 19.3. The Bertz CT molecular complexity index is 355. The first-order valence-corrected chi connectivity index (χ1v) is 5.73. The minimum atomic E-state index is -2.52. The Kier molecular flexibility index (Phi) is 5.02. The van der Waals surface area contributed by atoms with E-state index < -0.39 is 18.6 Å². The van der Waals surface area contributed by atoms with Crippen molar-refractivity contribution >= 4 is 0 Å². The molecule has 2 nitrogen and oxygen atoms in total. The fourth-order valence-corrected chi connectivity index (χ4v) is 1.80. The van der Waals surface area contributed by atoms with Crippen molar-refractivity contribution in [3.05, 3.63) is 35.4 Å². The Labute approximate surface area is 100 Å². The van der Waals surface area contributed by atoms with Crippen molar-refractivity contribution in [2.45, 2.75) is 38.8 Å². The summed E-state index contributed by atoms with van der Waals surface area (Å²) in [7, 11) is 0. The van der Waals surface area contributed by atoms with Gasteiger partial charge in [-0.05, 0) is 24.0 Å². The summed E-state index contributed by atoms with van der Waals surface area (Å²) in [5.41, 5.74) is 6.21. The summed E-state index contributed by atoms with van der Waals surface area (Å²) in [5.74, 6) is 0.359. The van der Waals surface area contributed by atoms with Crippen LogP contribution in [0.5, 0.6) is 0 Å². The molecule has 0 saturated carbocycles. The quantitative estimate of drug-likeness (QED) is 0.835. The van der Waals surface area contributed by atoms with Crippen LogP contribution in [0.4, 0.5) is 8.78 Å². The SMILES string of the molecule is CC(C)CC(N)C(O)c1cccc(C(F)F)c1. The van der Waals surface area contributed by atoms with Crippen molar-refractivity contribution in [2.24, 2.45) is 11.7 Å². The van der Waals surface area contributed by atoms with Gasteiger partial charge in [0.1, 0.15) is 0 Å². The highest BCUT2D eigenvalue weighted by Gasteiger charge is 2.19. The molecule has 0 fully saturated rings. The van der Waals surface area contributed by atoms with E-state index in [9.17, 15) is 13.9 Å². The second-order valence-corrected chi connectivity index (χ2v) is 4.71. The number of halogens is 2. The fourth-order valence-electron chi connectivity index (χ4n) is 1.80. The molecule has 0 saturated heterocycles. The zero-order chi connectivity index (χ0) is 13.0. The Balaban J connectivity index is 2.81. The van der Waals surface area contributed by atoms with E-state index in [1.165, 1.54) is 18.2 Å². The molecule has 3 N–H and O–H groups in total. The summed E-state index contributed by atoms with van der Waals surface area (Å²) in [5, 5.41) is 9.97. The predicted molar refractivity (Wildman–Crippen MR) is 63.8 cm³/mol. The van der Waals surface area contributed by atoms with Gasteiger partial charge in [0.05, 0.1) is 6.10 Å². The lowest BCUT2D eigenvalue weighted by molar-refractivity contribution is 0.133. The number of rotatable bonds is 5. The van der Waals surface area contributed by atoms with Crippen LogP contribution < -0.4 is 5.73 Å². The molecule has 96 valence electrons. The Morgan fingerprint density at radius 1 is 1.24 bits per heavy atom. The molecule has 2 atom stereocenters. The second-order valence-electron chi connectivity index (χ2n) is 4.71. The van der Waals surface area contributed by atoms with Gasteiger partial charge in [-0.15, -0.1) is 0 Å². The monoisotopic (exact) mass is 243 g/mol. The van der Waals surface area contributed by atoms with E-state index in [0.717, 1.165) is 0 Å². The summed E-state index contributed by atoms with van der Waals surface area (Å²) < 4.78 is 25.0. The van der Waals surface area contributed by atoms with E-state index in [1.807, 2.05) is 13.8 Å². The third-order valence-corrected chi connectivity index (χ3v) is 2.65. The molecular weight excluding hydrogens is 224 g/mol. The molecule has 2 unspecified atom stereocenters. The van der Waals surface area contributed by atoms with E-state index in [1.54, 1.807) is 6.07 Å². The van der Waals surface area contributed by atoms with Crippen LogP contribution >= 0.6 is 0 Å². The summed E-state index contributed by atoms with van der Waals surface area (Å²) in [6.45, 7) is 4.00. The molecule has 0 radical (unpaired) electrons. The first-order valence-electron chi connectivity index (χ1n) is 5.73. The van der Waals surface area contributed by atoms with Crippen molar-refractivity contribution in [1.82, 2.24) is 0 Å². The zero-order valence-corrected chi connectivity index (χ0v) is 10.1. The van der Waals surface area contributed by atoms with Crippen molar-refractivity contribution < 1.29 is 13.9 Å². The Hall–Kier alpha value is -1.00. The zero-order valence-electron chi connectivity index (χ0n) is 10.1. The molecule has 0 aliphatic rings. The molecule has 4 heteroatoms.